The molecule has 2 nitrogen and oxygen atoms in total. The number of anilines is 1. The summed E-state index contributed by atoms with van der Waals surface area (Å²) in [7, 11) is 0. The number of allylic oxidation sites excluding steroid dienone is 1. The van der Waals surface area contributed by atoms with Crippen LogP contribution in [0.5, 0.6) is 0 Å². The van der Waals surface area contributed by atoms with Crippen molar-refractivity contribution in [1.82, 2.24) is 5.34 Å². The van der Waals surface area contributed by atoms with E-state index < -0.39 is 0 Å². The fourth-order valence-corrected chi connectivity index (χ4v) is 2.26. The highest BCUT2D eigenvalue weighted by molar-refractivity contribution is 6.59. The normalized spacial score (nSPS) is 10.7. The van der Waals surface area contributed by atoms with Crippen molar-refractivity contribution in [1.29, 1.82) is 0 Å². The second kappa shape index (κ2) is 7.39. The molecule has 0 aliphatic rings. The van der Waals surface area contributed by atoms with Crippen LogP contribution in [0, 0.1) is 0 Å². The summed E-state index contributed by atoms with van der Waals surface area (Å²) in [6.07, 6.45) is 2.16. The van der Waals surface area contributed by atoms with Crippen LogP contribution in [-0.4, -0.2) is 6.85 Å². The zero-order chi connectivity index (χ0) is 14.4. The first-order valence-corrected chi connectivity index (χ1v) is 7.17. The Hall–Kier alpha value is -1.22. The molecular weight excluding hydrogens is 231 g/mol. The number of nitrogens with zero attached hydrogens (tertiary/aromatic N) is 1. The summed E-state index contributed by atoms with van der Waals surface area (Å²) in [5.74, 6) is 1.19. The molecule has 104 valence electrons. The van der Waals surface area contributed by atoms with E-state index in [1.165, 1.54) is 11.3 Å². The summed E-state index contributed by atoms with van der Waals surface area (Å²) in [4.78, 5) is 0. The Bertz CT molecular complexity index is 386. The molecule has 0 amide bonds. The molecule has 0 saturated heterocycles. The third kappa shape index (κ3) is 5.11. The van der Waals surface area contributed by atoms with Crippen molar-refractivity contribution in [2.75, 3.05) is 5.01 Å². The van der Waals surface area contributed by atoms with E-state index in [-0.39, 0.29) is 0 Å². The largest absolute Gasteiger partial charge is 0.295 e. The highest BCUT2D eigenvalue weighted by atomic mass is 15.5. The molecule has 0 spiro atoms. The molecule has 0 fully saturated rings. The van der Waals surface area contributed by atoms with Gasteiger partial charge in [-0.25, -0.2) is 0 Å². The molecule has 0 radical (unpaired) electrons. The summed E-state index contributed by atoms with van der Waals surface area (Å²) in [6.45, 7) is 13.8. The Morgan fingerprint density at radius 2 is 1.58 bits per heavy atom. The Kier molecular flexibility index (Phi) is 6.16. The number of hydrazine groups is 1. The number of hydrogen-bond acceptors (Lipinski definition) is 2. The lowest BCUT2D eigenvalue weighted by atomic mass is 9.45. The van der Waals surface area contributed by atoms with Gasteiger partial charge in [0.05, 0.1) is 5.69 Å². The van der Waals surface area contributed by atoms with Crippen LogP contribution in [0.3, 0.4) is 0 Å². The van der Waals surface area contributed by atoms with Crippen LogP contribution < -0.4 is 10.3 Å². The summed E-state index contributed by atoms with van der Waals surface area (Å²) in [5, 5.41) is 5.81. The zero-order valence-electron chi connectivity index (χ0n) is 13.1. The molecule has 0 saturated carbocycles. The summed E-state index contributed by atoms with van der Waals surface area (Å²) >= 11 is 0. The number of hydrogen-bond donors (Lipinski definition) is 1. The van der Waals surface area contributed by atoms with Gasteiger partial charge in [0.2, 0.25) is 6.85 Å². The molecular formula is C16H27BN2. The smallest absolute Gasteiger partial charge is 0.249 e. The average molecular weight is 258 g/mol. The van der Waals surface area contributed by atoms with E-state index >= 15 is 0 Å². The molecule has 0 aliphatic heterocycles. The summed E-state index contributed by atoms with van der Waals surface area (Å²) in [5.41, 5.74) is 2.46. The number of rotatable bonds is 6. The highest BCUT2D eigenvalue weighted by Gasteiger charge is 2.24. The Labute approximate surface area is 119 Å². The van der Waals surface area contributed by atoms with E-state index in [1.54, 1.807) is 0 Å². The molecule has 0 atom stereocenters. The van der Waals surface area contributed by atoms with Gasteiger partial charge in [0, 0.05) is 6.20 Å². The van der Waals surface area contributed by atoms with Gasteiger partial charge in [0.25, 0.3) is 0 Å². The van der Waals surface area contributed by atoms with Gasteiger partial charge >= 0.3 is 0 Å². The first-order valence-electron chi connectivity index (χ1n) is 7.17. The van der Waals surface area contributed by atoms with Gasteiger partial charge in [-0.15, -0.1) is 0 Å². The number of nitrogens with one attached hydrogen (secondary N) is 1. The van der Waals surface area contributed by atoms with E-state index in [2.05, 4.69) is 82.4 Å². The van der Waals surface area contributed by atoms with Crippen molar-refractivity contribution in [2.24, 2.45) is 0 Å². The lowest BCUT2D eigenvalue weighted by Gasteiger charge is -2.31. The minimum absolute atomic E-state index is 0.454. The minimum atomic E-state index is 0.454. The molecule has 0 aliphatic carbocycles. The van der Waals surface area contributed by atoms with Gasteiger partial charge in [-0.2, -0.15) is 0 Å². The van der Waals surface area contributed by atoms with Gasteiger partial charge in [0.1, 0.15) is 0 Å². The number of benzene rings is 1. The predicted molar refractivity (Wildman–Crippen MR) is 87.4 cm³/mol. The van der Waals surface area contributed by atoms with Crippen molar-refractivity contribution in [3.05, 3.63) is 42.1 Å². The van der Waals surface area contributed by atoms with E-state index in [9.17, 15) is 0 Å². The molecule has 1 aromatic carbocycles. The maximum Gasteiger partial charge on any atom is 0.249 e. The molecule has 1 N–H and O–H groups in total. The fraction of sp³-hybridized carbons (Fsp3) is 0.500. The van der Waals surface area contributed by atoms with Gasteiger partial charge in [-0.1, -0.05) is 63.1 Å². The summed E-state index contributed by atoms with van der Waals surface area (Å²) < 4.78 is 0. The molecule has 0 unspecified atom stereocenters. The standard InChI is InChI=1S/C16H27BN2/c1-13(2)12-19(16-10-8-7-9-11-16)18-17(14(3)4)15(5)6/h7-12,14-15,18H,1-6H3. The van der Waals surface area contributed by atoms with Crippen LogP contribution in [0.2, 0.25) is 11.6 Å². The number of para-hydroxylation sites is 1. The first kappa shape index (κ1) is 15.8. The van der Waals surface area contributed by atoms with Crippen molar-refractivity contribution in [3.8, 4) is 0 Å². The minimum Gasteiger partial charge on any atom is -0.295 e. The van der Waals surface area contributed by atoms with Crippen LogP contribution in [-0.2, 0) is 0 Å². The van der Waals surface area contributed by atoms with Crippen LogP contribution in [0.4, 0.5) is 5.69 Å². The van der Waals surface area contributed by atoms with Gasteiger partial charge < -0.3 is 0 Å². The van der Waals surface area contributed by atoms with Crippen molar-refractivity contribution < 1.29 is 0 Å². The van der Waals surface area contributed by atoms with E-state index in [1.807, 2.05) is 6.07 Å². The Balaban J connectivity index is 2.96. The highest BCUT2D eigenvalue weighted by Crippen LogP contribution is 2.20. The van der Waals surface area contributed by atoms with E-state index in [4.69, 9.17) is 0 Å². The van der Waals surface area contributed by atoms with E-state index in [0.717, 1.165) is 0 Å². The van der Waals surface area contributed by atoms with Crippen LogP contribution in [0.25, 0.3) is 0 Å². The van der Waals surface area contributed by atoms with Gasteiger partial charge in [-0.3, -0.25) is 10.3 Å². The molecule has 3 heteroatoms. The second-order valence-corrected chi connectivity index (χ2v) is 6.05. The Morgan fingerprint density at radius 3 is 2.00 bits per heavy atom. The maximum absolute atomic E-state index is 3.66. The lowest BCUT2D eigenvalue weighted by Crippen LogP contribution is -2.48. The van der Waals surface area contributed by atoms with Crippen molar-refractivity contribution >= 4 is 12.5 Å². The summed E-state index contributed by atoms with van der Waals surface area (Å²) in [6, 6.07) is 10.5. The van der Waals surface area contributed by atoms with Crippen molar-refractivity contribution in [3.63, 3.8) is 0 Å². The van der Waals surface area contributed by atoms with Crippen molar-refractivity contribution in [2.45, 2.75) is 53.2 Å². The third-order valence-electron chi connectivity index (χ3n) is 3.15. The fourth-order valence-electron chi connectivity index (χ4n) is 2.26. The van der Waals surface area contributed by atoms with Crippen LogP contribution >= 0.6 is 0 Å². The quantitative estimate of drug-likeness (QED) is 0.586. The molecule has 1 aromatic rings. The van der Waals surface area contributed by atoms with Gasteiger partial charge in [-0.05, 0) is 26.0 Å². The second-order valence-electron chi connectivity index (χ2n) is 6.05. The predicted octanol–water partition coefficient (Wildman–Crippen LogP) is 4.73. The Morgan fingerprint density at radius 1 is 1.05 bits per heavy atom. The van der Waals surface area contributed by atoms with Gasteiger partial charge in [0.15, 0.2) is 0 Å². The monoisotopic (exact) mass is 258 g/mol. The SMILES string of the molecule is CC(C)=CN(NB(C(C)C)C(C)C)c1ccccc1. The average Bonchev–Trinajstić information content (AvgIpc) is 2.34. The molecule has 0 heterocycles. The van der Waals surface area contributed by atoms with E-state index in [0.29, 0.717) is 18.5 Å². The molecule has 0 bridgehead atoms. The van der Waals surface area contributed by atoms with Crippen LogP contribution in [0.1, 0.15) is 41.5 Å². The van der Waals surface area contributed by atoms with Crippen LogP contribution in [0.15, 0.2) is 42.1 Å². The zero-order valence-corrected chi connectivity index (χ0v) is 13.1. The molecule has 1 rings (SSSR count). The maximum atomic E-state index is 3.66. The lowest BCUT2D eigenvalue weighted by molar-refractivity contribution is 0.826. The molecule has 19 heavy (non-hydrogen) atoms. The first-order chi connectivity index (χ1) is 8.91. The topological polar surface area (TPSA) is 15.3 Å². The third-order valence-corrected chi connectivity index (χ3v) is 3.15. The molecule has 0 aromatic heterocycles.